The zero-order chi connectivity index (χ0) is 15.6. The summed E-state index contributed by atoms with van der Waals surface area (Å²) in [6, 6.07) is 2.03. The summed E-state index contributed by atoms with van der Waals surface area (Å²) in [6.45, 7) is 8.33. The summed E-state index contributed by atoms with van der Waals surface area (Å²) in [5.74, 6) is 9.43. The molecule has 0 bridgehead atoms. The van der Waals surface area contributed by atoms with E-state index in [0.29, 0.717) is 11.6 Å². The van der Waals surface area contributed by atoms with Crippen LogP contribution in [0.25, 0.3) is 0 Å². The Morgan fingerprint density at radius 3 is 2.67 bits per heavy atom. The maximum Gasteiger partial charge on any atom is 0.135 e. The molecule has 0 atom stereocenters. The molecule has 4 heteroatoms. The molecular weight excluding hydrogens is 260 g/mol. The molecule has 108 valence electrons. The van der Waals surface area contributed by atoms with Crippen LogP contribution in [0.4, 0.5) is 0 Å². The third-order valence-electron chi connectivity index (χ3n) is 3.47. The molecule has 0 spiro atoms. The van der Waals surface area contributed by atoms with Gasteiger partial charge in [0.15, 0.2) is 0 Å². The van der Waals surface area contributed by atoms with Crippen molar-refractivity contribution in [3.63, 3.8) is 0 Å². The summed E-state index contributed by atoms with van der Waals surface area (Å²) in [6.07, 6.45) is 7.21. The van der Waals surface area contributed by atoms with Crippen molar-refractivity contribution < 1.29 is 0 Å². The van der Waals surface area contributed by atoms with Crippen LogP contribution >= 0.6 is 0 Å². The lowest BCUT2D eigenvalue weighted by molar-refractivity contribution is 0.667. The lowest BCUT2D eigenvalue weighted by Gasteiger charge is -2.15. The number of aromatic nitrogens is 4. The number of nitrogens with zero attached hydrogens (tertiary/aromatic N) is 3. The van der Waals surface area contributed by atoms with Gasteiger partial charge in [0, 0.05) is 18.3 Å². The first kappa shape index (κ1) is 14.9. The summed E-state index contributed by atoms with van der Waals surface area (Å²) in [5, 5.41) is 11.3. The average Bonchev–Trinajstić information content (AvgIpc) is 3.02. The Balaban J connectivity index is 2.34. The number of H-pyrrole nitrogens is 1. The van der Waals surface area contributed by atoms with Crippen molar-refractivity contribution in [1.29, 1.82) is 0 Å². The first-order valence-corrected chi connectivity index (χ1v) is 6.92. The van der Waals surface area contributed by atoms with Gasteiger partial charge in [-0.1, -0.05) is 25.7 Å². The second-order valence-corrected chi connectivity index (χ2v) is 5.91. The molecule has 0 amide bonds. The Morgan fingerprint density at radius 1 is 1.38 bits per heavy atom. The molecule has 0 saturated heterocycles. The van der Waals surface area contributed by atoms with Gasteiger partial charge < -0.3 is 0 Å². The Kier molecular flexibility index (Phi) is 3.91. The van der Waals surface area contributed by atoms with Crippen LogP contribution in [0, 0.1) is 24.2 Å². The normalized spacial score (nSPS) is 11.1. The summed E-state index contributed by atoms with van der Waals surface area (Å²) >= 11 is 0. The molecule has 0 unspecified atom stereocenters. The first-order valence-electron chi connectivity index (χ1n) is 6.92. The zero-order valence-electron chi connectivity index (χ0n) is 13.2. The summed E-state index contributed by atoms with van der Waals surface area (Å²) < 4.78 is 1.88. The van der Waals surface area contributed by atoms with E-state index in [4.69, 9.17) is 6.42 Å². The van der Waals surface area contributed by atoms with E-state index in [9.17, 15) is 0 Å². The van der Waals surface area contributed by atoms with Gasteiger partial charge in [-0.3, -0.25) is 9.78 Å². The number of aryl methyl sites for hydroxylation is 1. The second-order valence-electron chi connectivity index (χ2n) is 5.91. The Morgan fingerprint density at radius 2 is 2.10 bits per heavy atom. The number of terminal acetylenes is 1. The van der Waals surface area contributed by atoms with Gasteiger partial charge in [0.05, 0.1) is 11.6 Å². The molecular formula is C17H20N4. The predicted octanol–water partition coefficient (Wildman–Crippen LogP) is 2.58. The number of rotatable bonds is 2. The predicted molar refractivity (Wildman–Crippen MR) is 83.7 cm³/mol. The highest BCUT2D eigenvalue weighted by Crippen LogP contribution is 2.24. The van der Waals surface area contributed by atoms with E-state index in [1.54, 1.807) is 6.20 Å². The third kappa shape index (κ3) is 3.01. The SMILES string of the molecule is C#Cc1[nH]ncc1C(C)(C)C#Cc1cc(C(C)C)n(C)n1. The first-order chi connectivity index (χ1) is 9.85. The minimum atomic E-state index is -0.385. The van der Waals surface area contributed by atoms with Crippen LogP contribution in [0.2, 0.25) is 0 Å². The highest BCUT2D eigenvalue weighted by atomic mass is 15.3. The molecule has 2 aromatic heterocycles. The molecule has 0 aliphatic carbocycles. The molecule has 0 aromatic carbocycles. The van der Waals surface area contributed by atoms with Crippen molar-refractivity contribution in [3.8, 4) is 24.2 Å². The molecule has 0 aliphatic heterocycles. The molecule has 0 saturated carbocycles. The number of aromatic amines is 1. The van der Waals surface area contributed by atoms with Crippen LogP contribution in [0.5, 0.6) is 0 Å². The molecule has 1 N–H and O–H groups in total. The van der Waals surface area contributed by atoms with Crippen molar-refractivity contribution in [2.24, 2.45) is 7.05 Å². The van der Waals surface area contributed by atoms with Crippen LogP contribution in [-0.4, -0.2) is 20.0 Å². The molecule has 2 aromatic rings. The van der Waals surface area contributed by atoms with Crippen molar-refractivity contribution in [3.05, 3.63) is 34.9 Å². The van der Waals surface area contributed by atoms with Gasteiger partial charge in [0.1, 0.15) is 11.4 Å². The quantitative estimate of drug-likeness (QED) is 0.859. The van der Waals surface area contributed by atoms with Crippen LogP contribution in [-0.2, 0) is 12.5 Å². The van der Waals surface area contributed by atoms with Crippen LogP contribution in [0.1, 0.15) is 56.3 Å². The van der Waals surface area contributed by atoms with E-state index in [-0.39, 0.29) is 5.41 Å². The molecule has 2 rings (SSSR count). The van der Waals surface area contributed by atoms with Crippen LogP contribution in [0.15, 0.2) is 12.3 Å². The maximum atomic E-state index is 5.47. The summed E-state index contributed by atoms with van der Waals surface area (Å²) in [5.41, 5.74) is 3.17. The maximum absolute atomic E-state index is 5.47. The molecule has 0 aliphatic rings. The van der Waals surface area contributed by atoms with Gasteiger partial charge in [0.25, 0.3) is 0 Å². The lowest BCUT2D eigenvalue weighted by atomic mass is 9.85. The Labute approximate surface area is 126 Å². The lowest BCUT2D eigenvalue weighted by Crippen LogP contribution is -2.15. The van der Waals surface area contributed by atoms with Crippen LogP contribution < -0.4 is 0 Å². The van der Waals surface area contributed by atoms with Gasteiger partial charge in [-0.2, -0.15) is 10.2 Å². The van der Waals surface area contributed by atoms with Crippen LogP contribution in [0.3, 0.4) is 0 Å². The summed E-state index contributed by atoms with van der Waals surface area (Å²) in [7, 11) is 1.94. The van der Waals surface area contributed by atoms with Crippen molar-refractivity contribution in [1.82, 2.24) is 20.0 Å². The number of nitrogens with one attached hydrogen (secondary N) is 1. The minimum absolute atomic E-state index is 0.385. The van der Waals surface area contributed by atoms with Crippen molar-refractivity contribution >= 4 is 0 Å². The monoisotopic (exact) mass is 280 g/mol. The molecule has 2 heterocycles. The van der Waals surface area contributed by atoms with Crippen molar-refractivity contribution in [2.45, 2.75) is 39.0 Å². The second kappa shape index (κ2) is 5.50. The number of hydrogen-bond donors (Lipinski definition) is 1. The van der Waals surface area contributed by atoms with Gasteiger partial charge in [-0.05, 0) is 31.8 Å². The zero-order valence-corrected chi connectivity index (χ0v) is 13.2. The van der Waals surface area contributed by atoms with E-state index < -0.39 is 0 Å². The highest BCUT2D eigenvalue weighted by molar-refractivity contribution is 5.44. The summed E-state index contributed by atoms with van der Waals surface area (Å²) in [4.78, 5) is 0. The third-order valence-corrected chi connectivity index (χ3v) is 3.47. The molecule has 0 fully saturated rings. The van der Waals surface area contributed by atoms with E-state index in [0.717, 1.165) is 11.3 Å². The fourth-order valence-electron chi connectivity index (χ4n) is 2.24. The largest absolute Gasteiger partial charge is 0.271 e. The molecule has 21 heavy (non-hydrogen) atoms. The average molecular weight is 280 g/mol. The smallest absolute Gasteiger partial charge is 0.135 e. The highest BCUT2D eigenvalue weighted by Gasteiger charge is 2.22. The van der Waals surface area contributed by atoms with E-state index in [1.165, 1.54) is 5.69 Å². The van der Waals surface area contributed by atoms with Gasteiger partial charge in [0.2, 0.25) is 0 Å². The Hall–Kier alpha value is -2.46. The van der Waals surface area contributed by atoms with Gasteiger partial charge in [-0.25, -0.2) is 0 Å². The van der Waals surface area contributed by atoms with Gasteiger partial charge >= 0.3 is 0 Å². The van der Waals surface area contributed by atoms with E-state index >= 15 is 0 Å². The molecule has 0 radical (unpaired) electrons. The number of hydrogen-bond acceptors (Lipinski definition) is 2. The topological polar surface area (TPSA) is 46.5 Å². The van der Waals surface area contributed by atoms with E-state index in [2.05, 4.69) is 46.9 Å². The van der Waals surface area contributed by atoms with E-state index in [1.807, 2.05) is 31.6 Å². The fourth-order valence-corrected chi connectivity index (χ4v) is 2.24. The standard InChI is InChI=1S/C17H20N4/c1-7-15-14(11-18-19-15)17(4,5)9-8-13-10-16(12(2)3)21(6)20-13/h1,10-12H,2-6H3,(H,18,19). The Bertz CT molecular complexity index is 742. The van der Waals surface area contributed by atoms with Gasteiger partial charge in [-0.15, -0.1) is 6.42 Å². The fraction of sp³-hybridized carbons (Fsp3) is 0.412. The van der Waals surface area contributed by atoms with Crippen molar-refractivity contribution in [2.75, 3.05) is 0 Å². The minimum Gasteiger partial charge on any atom is -0.271 e. The molecule has 4 nitrogen and oxygen atoms in total.